The Morgan fingerprint density at radius 1 is 1.00 bits per heavy atom. The fourth-order valence-corrected chi connectivity index (χ4v) is 5.71. The molecule has 0 bridgehead atoms. The summed E-state index contributed by atoms with van der Waals surface area (Å²) in [6.07, 6.45) is 3.18. The van der Waals surface area contributed by atoms with Gasteiger partial charge in [-0.05, 0) is 61.3 Å². The molecule has 6 rings (SSSR count). The summed E-state index contributed by atoms with van der Waals surface area (Å²) in [5.74, 6) is 0. The highest BCUT2D eigenvalue weighted by molar-refractivity contribution is 7.14. The number of aromatic nitrogens is 3. The van der Waals surface area contributed by atoms with Crippen molar-refractivity contribution in [2.45, 2.75) is 19.9 Å². The number of pyridine rings is 1. The lowest BCUT2D eigenvalue weighted by molar-refractivity contribution is 0.311. The predicted molar refractivity (Wildman–Crippen MR) is 126 cm³/mol. The number of hydrogen-bond acceptors (Lipinski definition) is 3. The van der Waals surface area contributed by atoms with Gasteiger partial charge < -0.3 is 14.0 Å². The van der Waals surface area contributed by atoms with Crippen LogP contribution < -0.4 is 0 Å². The monoisotopic (exact) mass is 412 g/mol. The van der Waals surface area contributed by atoms with Gasteiger partial charge in [0.15, 0.2) is 0 Å². The molecule has 5 heteroatoms. The van der Waals surface area contributed by atoms with E-state index in [0.29, 0.717) is 0 Å². The normalized spacial score (nSPS) is 14.6. The van der Waals surface area contributed by atoms with Crippen molar-refractivity contribution in [2.24, 2.45) is 7.05 Å². The molecule has 4 nitrogen and oxygen atoms in total. The van der Waals surface area contributed by atoms with Crippen LogP contribution in [-0.4, -0.2) is 32.6 Å². The molecular weight excluding hydrogens is 388 g/mol. The summed E-state index contributed by atoms with van der Waals surface area (Å²) < 4.78 is 4.65. The van der Waals surface area contributed by atoms with Gasteiger partial charge in [-0.25, -0.2) is 0 Å². The number of likely N-dealkylation sites (N-methyl/N-ethyl adjacent to an activating group) is 1. The van der Waals surface area contributed by atoms with E-state index in [9.17, 15) is 0 Å². The van der Waals surface area contributed by atoms with E-state index in [2.05, 4.69) is 89.1 Å². The lowest BCUT2D eigenvalue weighted by Crippen LogP contribution is -2.27. The van der Waals surface area contributed by atoms with E-state index < -0.39 is 0 Å². The molecular formula is C25H24N4S. The first-order valence-corrected chi connectivity index (χ1v) is 11.3. The lowest BCUT2D eigenvalue weighted by atomic mass is 10.1. The number of thiophene rings is 1. The SMILES string of the molecule is Cc1ccc2c(n1)c1c(n2-c2ccsc2-c2ccc3c(ccn3C)c2)CCN(C)C1. The van der Waals surface area contributed by atoms with Crippen molar-refractivity contribution >= 4 is 33.3 Å². The Hall–Kier alpha value is -2.89. The van der Waals surface area contributed by atoms with E-state index in [4.69, 9.17) is 4.98 Å². The molecule has 0 saturated carbocycles. The Kier molecular flexibility index (Phi) is 3.92. The molecule has 0 aliphatic carbocycles. The van der Waals surface area contributed by atoms with E-state index in [1.54, 1.807) is 0 Å². The van der Waals surface area contributed by atoms with Crippen molar-refractivity contribution in [2.75, 3.05) is 13.6 Å². The smallest absolute Gasteiger partial charge is 0.0935 e. The Labute approximate surface area is 180 Å². The largest absolute Gasteiger partial charge is 0.351 e. The summed E-state index contributed by atoms with van der Waals surface area (Å²) in [5, 5.41) is 3.50. The summed E-state index contributed by atoms with van der Waals surface area (Å²) in [4.78, 5) is 8.67. The first-order chi connectivity index (χ1) is 14.6. The van der Waals surface area contributed by atoms with E-state index in [1.807, 2.05) is 11.3 Å². The van der Waals surface area contributed by atoms with Gasteiger partial charge in [-0.3, -0.25) is 4.98 Å². The first-order valence-electron chi connectivity index (χ1n) is 10.4. The molecule has 5 heterocycles. The molecule has 0 N–H and O–H groups in total. The first kappa shape index (κ1) is 17.9. The van der Waals surface area contributed by atoms with Gasteiger partial charge in [0.25, 0.3) is 0 Å². The molecule has 1 aliphatic heterocycles. The van der Waals surface area contributed by atoms with Crippen LogP contribution in [0.5, 0.6) is 0 Å². The summed E-state index contributed by atoms with van der Waals surface area (Å²) in [7, 11) is 4.30. The molecule has 0 unspecified atom stereocenters. The van der Waals surface area contributed by atoms with Crippen LogP contribution in [0, 0.1) is 6.92 Å². The molecule has 150 valence electrons. The fourth-order valence-electron chi connectivity index (χ4n) is 4.84. The van der Waals surface area contributed by atoms with Crippen LogP contribution in [0.25, 0.3) is 38.1 Å². The van der Waals surface area contributed by atoms with E-state index in [1.165, 1.54) is 43.8 Å². The van der Waals surface area contributed by atoms with Gasteiger partial charge in [-0.15, -0.1) is 11.3 Å². The molecule has 0 amide bonds. The number of rotatable bonds is 2. The van der Waals surface area contributed by atoms with Crippen molar-refractivity contribution in [3.8, 4) is 16.1 Å². The molecule has 1 aromatic carbocycles. The molecule has 1 aliphatic rings. The van der Waals surface area contributed by atoms with Crippen LogP contribution in [0.15, 0.2) is 54.0 Å². The Morgan fingerprint density at radius 2 is 1.87 bits per heavy atom. The minimum atomic E-state index is 0.963. The minimum absolute atomic E-state index is 0.963. The third kappa shape index (κ3) is 2.59. The zero-order valence-electron chi connectivity index (χ0n) is 17.5. The molecule has 30 heavy (non-hydrogen) atoms. The number of fused-ring (bicyclic) bond motifs is 4. The van der Waals surface area contributed by atoms with Gasteiger partial charge in [0, 0.05) is 60.6 Å². The molecule has 4 aromatic heterocycles. The van der Waals surface area contributed by atoms with Gasteiger partial charge in [0.2, 0.25) is 0 Å². The summed E-state index contributed by atoms with van der Waals surface area (Å²) in [6.45, 7) is 4.13. The summed E-state index contributed by atoms with van der Waals surface area (Å²) in [5.41, 5.74) is 10.1. The zero-order valence-corrected chi connectivity index (χ0v) is 18.3. The minimum Gasteiger partial charge on any atom is -0.351 e. The molecule has 0 radical (unpaired) electrons. The van der Waals surface area contributed by atoms with E-state index in [0.717, 1.165) is 30.7 Å². The lowest BCUT2D eigenvalue weighted by Gasteiger charge is -2.24. The molecule has 0 saturated heterocycles. The van der Waals surface area contributed by atoms with Crippen molar-refractivity contribution < 1.29 is 0 Å². The van der Waals surface area contributed by atoms with Crippen LogP contribution in [0.1, 0.15) is 17.0 Å². The second kappa shape index (κ2) is 6.56. The quantitative estimate of drug-likeness (QED) is 0.380. The van der Waals surface area contributed by atoms with Gasteiger partial charge in [-0.2, -0.15) is 0 Å². The number of nitrogens with zero attached hydrogens (tertiary/aromatic N) is 4. The fraction of sp³-hybridized carbons (Fsp3) is 0.240. The molecule has 0 atom stereocenters. The van der Waals surface area contributed by atoms with Crippen LogP contribution >= 0.6 is 11.3 Å². The van der Waals surface area contributed by atoms with Gasteiger partial charge in [-0.1, -0.05) is 6.07 Å². The van der Waals surface area contributed by atoms with Crippen molar-refractivity contribution in [3.63, 3.8) is 0 Å². The van der Waals surface area contributed by atoms with Crippen LogP contribution in [0.2, 0.25) is 0 Å². The molecule has 5 aromatic rings. The maximum absolute atomic E-state index is 4.95. The summed E-state index contributed by atoms with van der Waals surface area (Å²) >= 11 is 1.82. The number of hydrogen-bond donors (Lipinski definition) is 0. The van der Waals surface area contributed by atoms with Crippen molar-refractivity contribution in [1.82, 2.24) is 19.0 Å². The Morgan fingerprint density at radius 3 is 2.77 bits per heavy atom. The standard InChI is InChI=1S/C25H24N4S/c1-16-4-6-22-24(26-16)19-15-27(2)11-9-21(19)29(22)23-10-13-30-25(23)18-5-7-20-17(14-18)8-12-28(20)3/h4-8,10,12-14H,9,11,15H2,1-3H3. The topological polar surface area (TPSA) is 26.0 Å². The predicted octanol–water partition coefficient (Wildman–Crippen LogP) is 5.54. The average Bonchev–Trinajstić information content (AvgIpc) is 3.43. The average molecular weight is 413 g/mol. The molecule has 0 fully saturated rings. The highest BCUT2D eigenvalue weighted by atomic mass is 32.1. The number of aryl methyl sites for hydroxylation is 2. The maximum Gasteiger partial charge on any atom is 0.0935 e. The summed E-state index contributed by atoms with van der Waals surface area (Å²) in [6, 6.07) is 15.7. The maximum atomic E-state index is 4.95. The van der Waals surface area contributed by atoms with Crippen LogP contribution in [0.3, 0.4) is 0 Å². The second-order valence-electron chi connectivity index (χ2n) is 8.40. The van der Waals surface area contributed by atoms with Gasteiger partial charge in [0.05, 0.1) is 21.6 Å². The molecule has 0 spiro atoms. The van der Waals surface area contributed by atoms with E-state index >= 15 is 0 Å². The van der Waals surface area contributed by atoms with E-state index in [-0.39, 0.29) is 0 Å². The van der Waals surface area contributed by atoms with Crippen LogP contribution in [-0.2, 0) is 20.0 Å². The zero-order chi connectivity index (χ0) is 20.4. The van der Waals surface area contributed by atoms with Crippen LogP contribution in [0.4, 0.5) is 0 Å². The van der Waals surface area contributed by atoms with Gasteiger partial charge >= 0.3 is 0 Å². The van der Waals surface area contributed by atoms with Crippen molar-refractivity contribution in [1.29, 1.82) is 0 Å². The Balaban J connectivity index is 1.60. The third-order valence-electron chi connectivity index (χ3n) is 6.35. The van der Waals surface area contributed by atoms with Crippen molar-refractivity contribution in [3.05, 3.63) is 71.0 Å². The highest BCUT2D eigenvalue weighted by Gasteiger charge is 2.25. The third-order valence-corrected chi connectivity index (χ3v) is 7.30. The van der Waals surface area contributed by atoms with Gasteiger partial charge in [0.1, 0.15) is 0 Å². The number of benzene rings is 1. The highest BCUT2D eigenvalue weighted by Crippen LogP contribution is 2.39. The Bertz CT molecular complexity index is 1420. The second-order valence-corrected chi connectivity index (χ2v) is 9.32.